The zero-order valence-corrected chi connectivity index (χ0v) is 22.2. The quantitative estimate of drug-likeness (QED) is 0.400. The molecule has 6 nitrogen and oxygen atoms in total. The van der Waals surface area contributed by atoms with E-state index in [4.69, 9.17) is 4.98 Å². The Balaban J connectivity index is 0.00000385. The van der Waals surface area contributed by atoms with Gasteiger partial charge in [0.15, 0.2) is 15.0 Å². The van der Waals surface area contributed by atoms with Crippen molar-refractivity contribution >= 4 is 54.8 Å². The first-order valence-corrected chi connectivity index (χ1v) is 13.4. The van der Waals surface area contributed by atoms with E-state index in [1.807, 2.05) is 0 Å². The summed E-state index contributed by atoms with van der Waals surface area (Å²) < 4.78 is 25.3. The highest BCUT2D eigenvalue weighted by Crippen LogP contribution is 2.32. The number of sulfone groups is 1. The molecule has 1 aromatic heterocycles. The SMILES string of the molecule is CCN(CC)CCN(C(=O)c1ccc(S(=O)(=O)CC)cc1)c1nc2c(C)c(C)ccc2s1.Cl. The van der Waals surface area contributed by atoms with E-state index in [0.29, 0.717) is 17.2 Å². The minimum atomic E-state index is -3.31. The third-order valence-corrected chi connectivity index (χ3v) is 8.72. The largest absolute Gasteiger partial charge is 0.302 e. The third kappa shape index (κ3) is 5.93. The Morgan fingerprint density at radius 1 is 0.970 bits per heavy atom. The molecule has 0 aliphatic heterocycles. The number of likely N-dealkylation sites (N-methyl/N-ethyl adjacent to an activating group) is 1. The number of aromatic nitrogens is 1. The van der Waals surface area contributed by atoms with E-state index < -0.39 is 9.84 Å². The summed E-state index contributed by atoms with van der Waals surface area (Å²) in [5.74, 6) is -0.146. The van der Waals surface area contributed by atoms with Crippen LogP contribution in [0, 0.1) is 13.8 Å². The number of amides is 1. The second-order valence-electron chi connectivity index (χ2n) is 7.76. The molecule has 0 aliphatic rings. The maximum Gasteiger partial charge on any atom is 0.260 e. The Bertz CT molecular complexity index is 1200. The number of thiazole rings is 1. The van der Waals surface area contributed by atoms with Crippen LogP contribution in [0.4, 0.5) is 5.13 Å². The lowest BCUT2D eigenvalue weighted by Gasteiger charge is -2.24. The zero-order chi connectivity index (χ0) is 23.5. The summed E-state index contributed by atoms with van der Waals surface area (Å²) in [5, 5.41) is 0.663. The summed E-state index contributed by atoms with van der Waals surface area (Å²) in [6.07, 6.45) is 0. The number of carbonyl (C=O) groups excluding carboxylic acids is 1. The zero-order valence-electron chi connectivity index (χ0n) is 19.8. The van der Waals surface area contributed by atoms with Crippen molar-refractivity contribution in [2.75, 3.05) is 36.8 Å². The number of fused-ring (bicyclic) bond motifs is 1. The van der Waals surface area contributed by atoms with Crippen LogP contribution in [0.5, 0.6) is 0 Å². The fraction of sp³-hybridized carbons (Fsp3) is 0.417. The lowest BCUT2D eigenvalue weighted by atomic mass is 10.1. The van der Waals surface area contributed by atoms with Crippen molar-refractivity contribution in [1.29, 1.82) is 0 Å². The molecule has 0 bridgehead atoms. The summed E-state index contributed by atoms with van der Waals surface area (Å²) >= 11 is 1.51. The normalized spacial score (nSPS) is 11.6. The standard InChI is InChI=1S/C24H31N3O3S2.ClH/c1-6-26(7-2)15-16-27(24-25-22-18(5)17(4)9-14-21(22)31-24)23(28)19-10-12-20(13-11-19)32(29,30)8-3;/h9-14H,6-8,15-16H2,1-5H3;1H. The average molecular weight is 510 g/mol. The van der Waals surface area contributed by atoms with Gasteiger partial charge in [-0.1, -0.05) is 38.2 Å². The van der Waals surface area contributed by atoms with Gasteiger partial charge in [-0.3, -0.25) is 9.69 Å². The van der Waals surface area contributed by atoms with Crippen LogP contribution in [-0.2, 0) is 9.84 Å². The molecule has 0 spiro atoms. The van der Waals surface area contributed by atoms with Crippen LogP contribution in [0.25, 0.3) is 10.2 Å². The van der Waals surface area contributed by atoms with Crippen molar-refractivity contribution in [2.45, 2.75) is 39.5 Å². The molecule has 3 rings (SSSR count). The highest BCUT2D eigenvalue weighted by Gasteiger charge is 2.23. The van der Waals surface area contributed by atoms with Gasteiger partial charge in [0.1, 0.15) is 0 Å². The molecular weight excluding hydrogens is 478 g/mol. The number of aryl methyl sites for hydroxylation is 2. The van der Waals surface area contributed by atoms with Crippen LogP contribution in [-0.4, -0.2) is 56.1 Å². The molecule has 2 aromatic carbocycles. The van der Waals surface area contributed by atoms with Gasteiger partial charge in [-0.25, -0.2) is 13.4 Å². The van der Waals surface area contributed by atoms with Gasteiger partial charge in [0.25, 0.3) is 5.91 Å². The van der Waals surface area contributed by atoms with Gasteiger partial charge in [-0.05, 0) is 68.4 Å². The fourth-order valence-electron chi connectivity index (χ4n) is 3.52. The molecule has 0 fully saturated rings. The van der Waals surface area contributed by atoms with Crippen LogP contribution in [0.15, 0.2) is 41.3 Å². The number of hydrogen-bond donors (Lipinski definition) is 0. The maximum absolute atomic E-state index is 13.5. The minimum absolute atomic E-state index is 0. The van der Waals surface area contributed by atoms with Gasteiger partial charge in [-0.15, -0.1) is 12.4 Å². The van der Waals surface area contributed by atoms with E-state index in [9.17, 15) is 13.2 Å². The lowest BCUT2D eigenvalue weighted by molar-refractivity contribution is 0.0983. The molecule has 0 radical (unpaired) electrons. The molecule has 0 N–H and O–H groups in total. The summed E-state index contributed by atoms with van der Waals surface area (Å²) in [5.41, 5.74) is 3.67. The Labute approximate surface area is 207 Å². The van der Waals surface area contributed by atoms with E-state index in [1.54, 1.807) is 24.0 Å². The summed E-state index contributed by atoms with van der Waals surface area (Å²) in [4.78, 5) is 22.6. The number of benzene rings is 2. The molecule has 33 heavy (non-hydrogen) atoms. The van der Waals surface area contributed by atoms with Gasteiger partial charge < -0.3 is 4.90 Å². The maximum atomic E-state index is 13.5. The number of nitrogens with zero attached hydrogens (tertiary/aromatic N) is 3. The van der Waals surface area contributed by atoms with Crippen molar-refractivity contribution in [1.82, 2.24) is 9.88 Å². The van der Waals surface area contributed by atoms with Crippen LogP contribution < -0.4 is 4.90 Å². The van der Waals surface area contributed by atoms with Crippen molar-refractivity contribution in [2.24, 2.45) is 0 Å². The average Bonchev–Trinajstić information content (AvgIpc) is 3.23. The van der Waals surface area contributed by atoms with E-state index in [1.165, 1.54) is 29.0 Å². The molecule has 1 amide bonds. The first-order valence-electron chi connectivity index (χ1n) is 11.0. The minimum Gasteiger partial charge on any atom is -0.302 e. The number of halogens is 1. The molecule has 0 aliphatic carbocycles. The predicted molar refractivity (Wildman–Crippen MR) is 140 cm³/mol. The highest BCUT2D eigenvalue weighted by molar-refractivity contribution is 7.91. The Hall–Kier alpha value is -2.00. The molecule has 0 saturated heterocycles. The van der Waals surface area contributed by atoms with E-state index in [2.05, 4.69) is 44.7 Å². The first-order chi connectivity index (χ1) is 15.2. The molecule has 0 unspecified atom stereocenters. The van der Waals surface area contributed by atoms with Crippen LogP contribution in [0.2, 0.25) is 0 Å². The second kappa shape index (κ2) is 11.4. The molecule has 180 valence electrons. The third-order valence-electron chi connectivity index (χ3n) is 5.92. The Morgan fingerprint density at radius 2 is 1.61 bits per heavy atom. The van der Waals surface area contributed by atoms with Crippen molar-refractivity contribution < 1.29 is 13.2 Å². The predicted octanol–water partition coefficient (Wildman–Crippen LogP) is 5.12. The van der Waals surface area contributed by atoms with Crippen molar-refractivity contribution in [3.8, 4) is 0 Å². The molecule has 1 heterocycles. The molecule has 0 saturated carbocycles. The van der Waals surface area contributed by atoms with E-state index in [-0.39, 0.29) is 29.0 Å². The van der Waals surface area contributed by atoms with Crippen LogP contribution >= 0.6 is 23.7 Å². The second-order valence-corrected chi connectivity index (χ2v) is 11.0. The Kier molecular flexibility index (Phi) is 9.43. The summed E-state index contributed by atoms with van der Waals surface area (Å²) in [7, 11) is -3.31. The lowest BCUT2D eigenvalue weighted by Crippen LogP contribution is -2.38. The van der Waals surface area contributed by atoms with Gasteiger partial charge >= 0.3 is 0 Å². The highest BCUT2D eigenvalue weighted by atomic mass is 35.5. The van der Waals surface area contributed by atoms with Crippen LogP contribution in [0.3, 0.4) is 0 Å². The molecular formula is C24H32ClN3O3S2. The van der Waals surface area contributed by atoms with E-state index in [0.717, 1.165) is 35.4 Å². The van der Waals surface area contributed by atoms with Gasteiger partial charge in [0.05, 0.1) is 20.9 Å². The van der Waals surface area contributed by atoms with Crippen molar-refractivity contribution in [3.63, 3.8) is 0 Å². The Morgan fingerprint density at radius 3 is 2.18 bits per heavy atom. The molecule has 0 atom stereocenters. The van der Waals surface area contributed by atoms with Gasteiger partial charge in [0, 0.05) is 18.7 Å². The van der Waals surface area contributed by atoms with Gasteiger partial charge in [0.2, 0.25) is 0 Å². The summed E-state index contributed by atoms with van der Waals surface area (Å²) in [6.45, 7) is 13.0. The number of rotatable bonds is 9. The van der Waals surface area contributed by atoms with E-state index >= 15 is 0 Å². The number of hydrogen-bond acceptors (Lipinski definition) is 6. The van der Waals surface area contributed by atoms with Gasteiger partial charge in [-0.2, -0.15) is 0 Å². The molecule has 9 heteroatoms. The molecule has 3 aromatic rings. The first kappa shape index (κ1) is 27.2. The number of anilines is 1. The topological polar surface area (TPSA) is 70.6 Å². The van der Waals surface area contributed by atoms with Crippen molar-refractivity contribution in [3.05, 3.63) is 53.1 Å². The van der Waals surface area contributed by atoms with Crippen LogP contribution in [0.1, 0.15) is 42.3 Å². The summed E-state index contributed by atoms with van der Waals surface area (Å²) in [6, 6.07) is 10.3. The smallest absolute Gasteiger partial charge is 0.260 e. The fourth-order valence-corrected chi connectivity index (χ4v) is 5.46. The monoisotopic (exact) mass is 509 g/mol. The number of carbonyl (C=O) groups is 1.